The summed E-state index contributed by atoms with van der Waals surface area (Å²) in [6.07, 6.45) is -3.88. The number of aromatic nitrogens is 6. The molecular weight excluding hydrogens is 574 g/mol. The Labute approximate surface area is 235 Å². The zero-order valence-corrected chi connectivity index (χ0v) is 22.6. The summed E-state index contributed by atoms with van der Waals surface area (Å²) in [5, 5.41) is 29.7. The molecule has 0 aliphatic rings. The maximum absolute atomic E-state index is 13.2. The molecule has 0 aliphatic heterocycles. The van der Waals surface area contributed by atoms with Crippen LogP contribution in [-0.2, 0) is 12.6 Å². The first kappa shape index (κ1) is 30.1. The molecule has 4 aromatic rings. The molecule has 0 radical (unpaired) electrons. The van der Waals surface area contributed by atoms with Crippen LogP contribution in [0, 0.1) is 18.3 Å². The summed E-state index contributed by atoms with van der Waals surface area (Å²) in [5.41, 5.74) is 2.85. The molecule has 0 bridgehead atoms. The van der Waals surface area contributed by atoms with Crippen LogP contribution in [0.2, 0.25) is 10.0 Å². The summed E-state index contributed by atoms with van der Waals surface area (Å²) in [7, 11) is 1.48. The lowest BCUT2D eigenvalue weighted by molar-refractivity contribution is -0.144. The van der Waals surface area contributed by atoms with Gasteiger partial charge in [-0.05, 0) is 60.5 Å². The molecule has 2 heterocycles. The fourth-order valence-electron chi connectivity index (χ4n) is 3.39. The Hall–Kier alpha value is -4.48. The first-order valence-corrected chi connectivity index (χ1v) is 12.1. The summed E-state index contributed by atoms with van der Waals surface area (Å²) in [5.74, 6) is -2.14. The number of amides is 2. The number of hydrogen-bond donors (Lipinski definition) is 3. The van der Waals surface area contributed by atoms with Crippen LogP contribution >= 0.6 is 23.2 Å². The van der Waals surface area contributed by atoms with E-state index in [4.69, 9.17) is 23.2 Å². The van der Waals surface area contributed by atoms with Crippen molar-refractivity contribution < 1.29 is 22.8 Å². The minimum Gasteiger partial charge on any atom is -0.355 e. The lowest BCUT2D eigenvalue weighted by Gasteiger charge is -2.15. The Bertz CT molecular complexity index is 1580. The Morgan fingerprint density at radius 3 is 2.40 bits per heavy atom. The van der Waals surface area contributed by atoms with Gasteiger partial charge in [0.05, 0.1) is 39.3 Å². The smallest absolute Gasteiger partial charge is 0.355 e. The van der Waals surface area contributed by atoms with E-state index >= 15 is 0 Å². The average Bonchev–Trinajstić information content (AvgIpc) is 3.60. The van der Waals surface area contributed by atoms with Crippen molar-refractivity contribution in [3.63, 3.8) is 0 Å². The maximum Gasteiger partial charge on any atom is 0.455 e. The Morgan fingerprint density at radius 2 is 1.88 bits per heavy atom. The summed E-state index contributed by atoms with van der Waals surface area (Å²) in [6.45, 7) is 3.64. The van der Waals surface area contributed by atoms with Gasteiger partial charge in [0.25, 0.3) is 17.6 Å². The van der Waals surface area contributed by atoms with Gasteiger partial charge in [-0.15, -0.1) is 10.2 Å². The van der Waals surface area contributed by atoms with Crippen LogP contribution < -0.4 is 10.6 Å². The number of benzene rings is 2. The van der Waals surface area contributed by atoms with E-state index in [-0.39, 0.29) is 11.3 Å². The Kier molecular flexibility index (Phi) is 9.46. The van der Waals surface area contributed by atoms with Gasteiger partial charge in [-0.2, -0.15) is 28.7 Å². The van der Waals surface area contributed by atoms with Gasteiger partial charge < -0.3 is 10.6 Å². The Balaban J connectivity index is 0.000000415. The molecule has 0 fully saturated rings. The van der Waals surface area contributed by atoms with E-state index in [0.717, 1.165) is 0 Å². The van der Waals surface area contributed by atoms with Crippen molar-refractivity contribution in [3.05, 3.63) is 80.3 Å². The number of aryl methyl sites for hydroxylation is 2. The number of nitrogens with zero attached hydrogens (tertiary/aromatic N) is 6. The zero-order chi connectivity index (χ0) is 29.6. The minimum atomic E-state index is -4.49. The van der Waals surface area contributed by atoms with Crippen LogP contribution in [0.3, 0.4) is 0 Å². The third-order valence-electron chi connectivity index (χ3n) is 5.27. The SMILES string of the molecule is CCc1cc(C(=O)Nc2c(C)cc(C#N)cc2C(=O)NC)n(-c2ccc(Cl)cc2Cl)n1.FC(F)(F)c1nn[nH]n1. The molecule has 0 atom stereocenters. The van der Waals surface area contributed by atoms with Crippen molar-refractivity contribution in [2.75, 3.05) is 12.4 Å². The standard InChI is InChI=1S/C22H19Cl2N5O2.C2HF3N4/c1-4-15-10-19(29(28-15)18-6-5-14(23)9-17(18)24)22(31)27-20-12(2)7-13(11-25)8-16(20)21(30)26-3;3-2(4,5)1-6-8-9-7-1/h5-10H,4H2,1-3H3,(H,26,30)(H,27,31);(H,6,7,8,9). The zero-order valence-electron chi connectivity index (χ0n) is 21.1. The molecule has 4 rings (SSSR count). The third kappa shape index (κ3) is 6.93. The number of aromatic amines is 1. The van der Waals surface area contributed by atoms with Gasteiger partial charge in [0.15, 0.2) is 0 Å². The number of H-pyrrole nitrogens is 1. The number of hydrogen-bond acceptors (Lipinski definition) is 7. The second kappa shape index (κ2) is 12.6. The molecule has 0 unspecified atom stereocenters. The largest absolute Gasteiger partial charge is 0.455 e. The molecule has 11 nitrogen and oxygen atoms in total. The normalized spacial score (nSPS) is 10.8. The number of halogens is 5. The first-order chi connectivity index (χ1) is 18.9. The summed E-state index contributed by atoms with van der Waals surface area (Å²) < 4.78 is 35.8. The first-order valence-electron chi connectivity index (χ1n) is 11.3. The number of rotatable bonds is 5. The van der Waals surface area contributed by atoms with Gasteiger partial charge in [-0.25, -0.2) is 4.68 Å². The van der Waals surface area contributed by atoms with Crippen LogP contribution in [-0.4, -0.2) is 49.3 Å². The number of alkyl halides is 3. The highest BCUT2D eigenvalue weighted by Gasteiger charge is 2.35. The summed E-state index contributed by atoms with van der Waals surface area (Å²) in [6, 6.07) is 11.6. The van der Waals surface area contributed by atoms with Crippen molar-refractivity contribution in [2.45, 2.75) is 26.4 Å². The Morgan fingerprint density at radius 1 is 1.15 bits per heavy atom. The van der Waals surface area contributed by atoms with Gasteiger partial charge in [-0.3, -0.25) is 9.59 Å². The van der Waals surface area contributed by atoms with Gasteiger partial charge in [0.1, 0.15) is 5.69 Å². The van der Waals surface area contributed by atoms with Gasteiger partial charge in [0, 0.05) is 12.1 Å². The average molecular weight is 594 g/mol. The van der Waals surface area contributed by atoms with E-state index in [1.807, 2.05) is 13.0 Å². The van der Waals surface area contributed by atoms with E-state index in [1.165, 1.54) is 17.8 Å². The molecule has 0 spiro atoms. The summed E-state index contributed by atoms with van der Waals surface area (Å²) in [4.78, 5) is 25.6. The molecule has 0 saturated heterocycles. The van der Waals surface area contributed by atoms with Crippen LogP contribution in [0.25, 0.3) is 5.69 Å². The monoisotopic (exact) mass is 593 g/mol. The highest BCUT2D eigenvalue weighted by atomic mass is 35.5. The fourth-order valence-corrected chi connectivity index (χ4v) is 3.88. The van der Waals surface area contributed by atoms with Crippen LogP contribution in [0.15, 0.2) is 36.4 Å². The van der Waals surface area contributed by atoms with Crippen LogP contribution in [0.4, 0.5) is 18.9 Å². The number of nitrogens with one attached hydrogen (secondary N) is 3. The number of tetrazole rings is 1. The fraction of sp³-hybridized carbons (Fsp3) is 0.208. The van der Waals surface area contributed by atoms with Crippen molar-refractivity contribution in [1.29, 1.82) is 5.26 Å². The quantitative estimate of drug-likeness (QED) is 0.301. The molecular formula is C24H20Cl2F3N9O2. The molecule has 40 heavy (non-hydrogen) atoms. The van der Waals surface area contributed by atoms with E-state index in [9.17, 15) is 28.0 Å². The van der Waals surface area contributed by atoms with Crippen molar-refractivity contribution in [1.82, 2.24) is 35.7 Å². The van der Waals surface area contributed by atoms with Crippen molar-refractivity contribution in [2.24, 2.45) is 0 Å². The highest BCUT2D eigenvalue weighted by Crippen LogP contribution is 2.28. The molecule has 0 aliphatic carbocycles. The molecule has 2 amide bonds. The highest BCUT2D eigenvalue weighted by molar-refractivity contribution is 6.35. The minimum absolute atomic E-state index is 0.193. The lowest BCUT2D eigenvalue weighted by atomic mass is 10.0. The molecule has 208 valence electrons. The van der Waals surface area contributed by atoms with E-state index in [2.05, 4.69) is 31.1 Å². The van der Waals surface area contributed by atoms with Crippen molar-refractivity contribution in [3.8, 4) is 11.8 Å². The lowest BCUT2D eigenvalue weighted by Crippen LogP contribution is -2.23. The third-order valence-corrected chi connectivity index (χ3v) is 5.80. The molecule has 16 heteroatoms. The van der Waals surface area contributed by atoms with E-state index in [1.54, 1.807) is 42.5 Å². The molecule has 3 N–H and O–H groups in total. The predicted octanol–water partition coefficient (Wildman–Crippen LogP) is 4.75. The number of carbonyl (C=O) groups is 2. The predicted molar refractivity (Wildman–Crippen MR) is 139 cm³/mol. The number of carbonyl (C=O) groups excluding carboxylic acids is 2. The molecule has 0 saturated carbocycles. The number of nitriles is 1. The van der Waals surface area contributed by atoms with E-state index in [0.29, 0.717) is 44.7 Å². The number of anilines is 1. The summed E-state index contributed by atoms with van der Waals surface area (Å²) >= 11 is 12.3. The van der Waals surface area contributed by atoms with Crippen molar-refractivity contribution >= 4 is 40.7 Å². The topological polar surface area (TPSA) is 154 Å². The maximum atomic E-state index is 13.2. The van der Waals surface area contributed by atoms with Gasteiger partial charge in [0.2, 0.25) is 0 Å². The molecule has 2 aromatic carbocycles. The second-order valence-electron chi connectivity index (χ2n) is 7.98. The van der Waals surface area contributed by atoms with Gasteiger partial charge in [-0.1, -0.05) is 30.1 Å². The second-order valence-corrected chi connectivity index (χ2v) is 8.82. The van der Waals surface area contributed by atoms with Gasteiger partial charge >= 0.3 is 6.18 Å². The molecule has 2 aromatic heterocycles. The van der Waals surface area contributed by atoms with E-state index < -0.39 is 23.8 Å². The van der Waals surface area contributed by atoms with Crippen LogP contribution in [0.5, 0.6) is 0 Å². The van der Waals surface area contributed by atoms with Crippen LogP contribution in [0.1, 0.15) is 50.4 Å².